The van der Waals surface area contributed by atoms with E-state index in [0.29, 0.717) is 4.13 Å². The van der Waals surface area contributed by atoms with E-state index in [4.69, 9.17) is 0 Å². The first kappa shape index (κ1) is 29.3. The van der Waals surface area contributed by atoms with Gasteiger partial charge in [-0.1, -0.05) is 0 Å². The van der Waals surface area contributed by atoms with Gasteiger partial charge in [-0.3, -0.25) is 0 Å². The third-order valence-electron chi connectivity index (χ3n) is 3.22. The van der Waals surface area contributed by atoms with Crippen LogP contribution in [-0.4, -0.2) is 71.4 Å². The van der Waals surface area contributed by atoms with Gasteiger partial charge in [0.2, 0.25) is 0 Å². The highest BCUT2D eigenvalue weighted by Gasteiger charge is 2.68. The molecule has 0 aromatic rings. The van der Waals surface area contributed by atoms with Crippen molar-refractivity contribution < 1.29 is 65.2 Å². The fraction of sp³-hybridized carbons (Fsp3) is 1.00. The Morgan fingerprint density at radius 1 is 0.643 bits per heavy atom. The predicted molar refractivity (Wildman–Crippen MR) is 76.4 cm³/mol. The summed E-state index contributed by atoms with van der Waals surface area (Å²) in [5, 5.41) is -14.0. The van der Waals surface area contributed by atoms with Gasteiger partial charge in [0.25, 0.3) is 0 Å². The number of nitrogens with zero attached hydrogens (tertiary/aromatic N) is 2. The number of sulfonamides is 2. The van der Waals surface area contributed by atoms with Gasteiger partial charge in [-0.25, -0.2) is 16.8 Å². The number of hydrogen-bond donors (Lipinski definition) is 0. The molecule has 18 heteroatoms. The zero-order chi connectivity index (χ0) is 23.6. The van der Waals surface area contributed by atoms with Crippen molar-refractivity contribution in [1.82, 2.24) is 0 Å². The second kappa shape index (κ2) is 8.47. The molecule has 0 heterocycles. The maximum atomic E-state index is 12.3. The summed E-state index contributed by atoms with van der Waals surface area (Å²) in [5.74, 6) is 0. The van der Waals surface area contributed by atoms with Crippen molar-refractivity contribution in [1.29, 1.82) is 0 Å². The van der Waals surface area contributed by atoms with Crippen LogP contribution in [0.4, 0.5) is 43.9 Å². The Labute approximate surface area is 154 Å². The van der Waals surface area contributed by atoms with E-state index in [0.717, 1.165) is 4.48 Å². The molecule has 0 aliphatic heterocycles. The van der Waals surface area contributed by atoms with Crippen LogP contribution in [0, 0.1) is 0 Å². The van der Waals surface area contributed by atoms with Crippen LogP contribution in [0.1, 0.15) is 13.8 Å². The zero-order valence-electron chi connectivity index (χ0n) is 14.5. The number of halogens is 10. The highest BCUT2D eigenvalue weighted by Crippen LogP contribution is 2.47. The lowest BCUT2D eigenvalue weighted by molar-refractivity contribution is -0.886. The number of hydrogen-bond acceptors (Lipinski definition) is 4. The first-order chi connectivity index (χ1) is 11.8. The van der Waals surface area contributed by atoms with Crippen molar-refractivity contribution in [3.63, 3.8) is 0 Å². The van der Waals surface area contributed by atoms with Crippen LogP contribution in [0.3, 0.4) is 0 Å². The van der Waals surface area contributed by atoms with Crippen molar-refractivity contribution in [2.75, 3.05) is 27.2 Å². The Bertz CT molecular complexity index is 666. The smallest absolute Gasteiger partial charge is 0.425 e. The summed E-state index contributed by atoms with van der Waals surface area (Å²) >= 11 is 0. The van der Waals surface area contributed by atoms with E-state index in [1.165, 1.54) is 13.1 Å². The molecular weight excluding hydrogens is 466 g/mol. The molecule has 6 nitrogen and oxygen atoms in total. The zero-order valence-corrected chi connectivity index (χ0v) is 16.2. The molecule has 0 saturated carbocycles. The van der Waals surface area contributed by atoms with Crippen LogP contribution in [-0.2, 0) is 20.0 Å². The van der Waals surface area contributed by atoms with Crippen molar-refractivity contribution in [2.24, 2.45) is 0 Å². The molecule has 0 saturated heterocycles. The highest BCUT2D eigenvalue weighted by atomic mass is 32.3. The third kappa shape index (κ3) is 6.58. The van der Waals surface area contributed by atoms with E-state index in [-0.39, 0.29) is 0 Å². The van der Waals surface area contributed by atoms with Crippen molar-refractivity contribution in [3.05, 3.63) is 4.13 Å². The summed E-state index contributed by atoms with van der Waals surface area (Å²) in [5.41, 5.74) is 0. The first-order valence-electron chi connectivity index (χ1n) is 6.77. The quantitative estimate of drug-likeness (QED) is 0.429. The molecule has 0 aromatic carbocycles. The summed E-state index contributed by atoms with van der Waals surface area (Å²) in [6.45, 7) is 6.89. The van der Waals surface area contributed by atoms with Gasteiger partial charge in [-0.2, -0.15) is 43.9 Å². The molecule has 0 fully saturated rings. The average Bonchev–Trinajstić information content (AvgIpc) is 2.44. The van der Waals surface area contributed by atoms with E-state index in [2.05, 4.69) is 27.9 Å². The molecule has 172 valence electrons. The number of alkyl halides is 10. The molecule has 0 unspecified atom stereocenters. The summed E-state index contributed by atoms with van der Waals surface area (Å²) < 4.78 is 162. The summed E-state index contributed by atoms with van der Waals surface area (Å²) in [4.78, 5) is 0. The lowest BCUT2D eigenvalue weighted by atomic mass is 10.5. The van der Waals surface area contributed by atoms with Crippen molar-refractivity contribution >= 4 is 20.0 Å². The van der Waals surface area contributed by atoms with Crippen LogP contribution in [0.2, 0.25) is 0 Å². The fourth-order valence-electron chi connectivity index (χ4n) is 0.739. The molecule has 0 radical (unpaired) electrons. The number of rotatable bonds is 6. The minimum absolute atomic E-state index is 0.422. The van der Waals surface area contributed by atoms with Gasteiger partial charge in [0.1, 0.15) is 0 Å². The SMILES string of the molecule is CC[N+](C)(C)CC.O=S(=O)([N-]S(=O)(=O)C(F)(F)C(F)(F)F)C(F)(F)C(F)(F)F. The summed E-state index contributed by atoms with van der Waals surface area (Å²) in [7, 11) is -10.8. The molecular formula is C10H16F10N2O4S2. The Morgan fingerprint density at radius 3 is 0.964 bits per heavy atom. The van der Waals surface area contributed by atoms with Crippen LogP contribution >= 0.6 is 0 Å². The maximum Gasteiger partial charge on any atom is 0.467 e. The van der Waals surface area contributed by atoms with Gasteiger partial charge < -0.3 is 8.61 Å². The normalized spacial score (nSPS) is 15.1. The maximum absolute atomic E-state index is 12.3. The van der Waals surface area contributed by atoms with E-state index in [1.54, 1.807) is 0 Å². The van der Waals surface area contributed by atoms with Crippen LogP contribution in [0.15, 0.2) is 0 Å². The third-order valence-corrected chi connectivity index (χ3v) is 6.55. The molecule has 0 aromatic heterocycles. The van der Waals surface area contributed by atoms with Crippen LogP contribution < -0.4 is 0 Å². The molecule has 0 aliphatic rings. The molecule has 0 bridgehead atoms. The van der Waals surface area contributed by atoms with Crippen molar-refractivity contribution in [2.45, 2.75) is 36.7 Å². The number of quaternary nitrogens is 1. The minimum Gasteiger partial charge on any atom is -0.425 e. The van der Waals surface area contributed by atoms with Gasteiger partial charge in [0.05, 0.1) is 27.2 Å². The van der Waals surface area contributed by atoms with E-state index >= 15 is 0 Å². The second-order valence-corrected chi connectivity index (χ2v) is 9.14. The first-order valence-corrected chi connectivity index (χ1v) is 9.65. The molecule has 0 amide bonds. The lowest BCUT2D eigenvalue weighted by Crippen LogP contribution is -2.48. The Balaban J connectivity index is 0. The summed E-state index contributed by atoms with van der Waals surface area (Å²) in [6, 6.07) is 0. The highest BCUT2D eigenvalue weighted by molar-refractivity contribution is 8.13. The molecule has 0 N–H and O–H groups in total. The van der Waals surface area contributed by atoms with E-state index in [9.17, 15) is 60.7 Å². The molecule has 0 atom stereocenters. The fourth-order valence-corrected chi connectivity index (χ4v) is 3.11. The summed E-state index contributed by atoms with van der Waals surface area (Å²) in [6.07, 6.45) is -14.0. The van der Waals surface area contributed by atoms with Crippen LogP contribution in [0.5, 0.6) is 0 Å². The van der Waals surface area contributed by atoms with Gasteiger partial charge in [0.15, 0.2) is 20.0 Å². The molecule has 28 heavy (non-hydrogen) atoms. The lowest BCUT2D eigenvalue weighted by Gasteiger charge is -2.31. The molecule has 0 spiro atoms. The largest absolute Gasteiger partial charge is 0.467 e. The van der Waals surface area contributed by atoms with Gasteiger partial charge in [0, 0.05) is 0 Å². The Hall–Kier alpha value is -0.880. The Kier molecular flexibility index (Phi) is 8.87. The predicted octanol–water partition coefficient (Wildman–Crippen LogP) is 3.43. The topological polar surface area (TPSA) is 82.4 Å². The second-order valence-electron chi connectivity index (χ2n) is 5.62. The van der Waals surface area contributed by atoms with Gasteiger partial charge in [-0.05, 0) is 13.8 Å². The minimum atomic E-state index is -7.62. The molecule has 0 rings (SSSR count). The van der Waals surface area contributed by atoms with Gasteiger partial charge >= 0.3 is 22.9 Å². The van der Waals surface area contributed by atoms with E-state index in [1.807, 2.05) is 0 Å². The average molecular weight is 482 g/mol. The Morgan fingerprint density at radius 2 is 0.857 bits per heavy atom. The standard InChI is InChI=1S/C6H16N.C4F10NO4S2/c1-5-7(3,4)6-2;5-1(6,7)3(11,12)20(16,17)15-21(18,19)4(13,14)2(8,9)10/h5-6H2,1-4H3;/q+1;-1. The van der Waals surface area contributed by atoms with Crippen molar-refractivity contribution in [3.8, 4) is 0 Å². The van der Waals surface area contributed by atoms with E-state index < -0.39 is 42.9 Å². The molecule has 0 aliphatic carbocycles. The monoisotopic (exact) mass is 482 g/mol. The van der Waals surface area contributed by atoms with Crippen LogP contribution in [0.25, 0.3) is 4.13 Å². The van der Waals surface area contributed by atoms with Gasteiger partial charge in [-0.15, -0.1) is 0 Å².